The van der Waals surface area contributed by atoms with Crippen molar-refractivity contribution in [3.05, 3.63) is 75.1 Å². The number of ether oxygens (including phenoxy) is 1. The molecule has 1 aromatic heterocycles. The number of unbranched alkanes of at least 4 members (excludes halogenated alkanes) is 1. The van der Waals surface area contributed by atoms with Crippen LogP contribution in [0.15, 0.2) is 54.9 Å². The number of nitro benzene ring substituents is 1. The monoisotopic (exact) mass is 424 g/mol. The maximum absolute atomic E-state index is 11.7. The molecule has 0 saturated carbocycles. The third-order valence-corrected chi connectivity index (χ3v) is 4.21. The third kappa shape index (κ3) is 5.63. The lowest BCUT2D eigenvalue weighted by molar-refractivity contribution is -0.384. The molecule has 0 fully saturated rings. The number of rotatable bonds is 10. The molecule has 0 radical (unpaired) electrons. The highest BCUT2D eigenvalue weighted by Gasteiger charge is 2.23. The number of aromatic nitrogens is 2. The van der Waals surface area contributed by atoms with Crippen LogP contribution in [-0.4, -0.2) is 26.4 Å². The highest BCUT2D eigenvalue weighted by molar-refractivity contribution is 5.77. The van der Waals surface area contributed by atoms with Gasteiger partial charge in [-0.15, -0.1) is 0 Å². The van der Waals surface area contributed by atoms with E-state index in [1.54, 1.807) is 30.3 Å². The molecule has 1 heterocycles. The first-order valence-corrected chi connectivity index (χ1v) is 9.48. The molecule has 11 heteroatoms. The van der Waals surface area contributed by atoms with Crippen LogP contribution in [-0.2, 0) is 0 Å². The number of anilines is 4. The van der Waals surface area contributed by atoms with Gasteiger partial charge >= 0.3 is 5.69 Å². The fourth-order valence-electron chi connectivity index (χ4n) is 2.67. The topological polar surface area (TPSA) is 145 Å². The minimum Gasteiger partial charge on any atom is -0.494 e. The summed E-state index contributed by atoms with van der Waals surface area (Å²) in [7, 11) is 0. The van der Waals surface area contributed by atoms with Gasteiger partial charge in [0.15, 0.2) is 0 Å². The Morgan fingerprint density at radius 1 is 0.935 bits per heavy atom. The van der Waals surface area contributed by atoms with E-state index in [4.69, 9.17) is 4.74 Å². The largest absolute Gasteiger partial charge is 0.494 e. The molecule has 2 N–H and O–H groups in total. The molecular formula is C20H20N6O5. The fraction of sp³-hybridized carbons (Fsp3) is 0.200. The zero-order chi connectivity index (χ0) is 22.2. The molecule has 3 aromatic rings. The standard InChI is InChI=1S/C20H20N6O5/c1-2-3-11-31-17-9-7-14(8-10-17)23-19-18(26(29)30)20(22-13-21-19)24-15-5-4-6-16(12-15)25(27)28/h4-10,12-13H,2-3,11H2,1H3,(H2,21,22,23,24). The van der Waals surface area contributed by atoms with Gasteiger partial charge in [0.05, 0.1) is 16.5 Å². The van der Waals surface area contributed by atoms with E-state index in [-0.39, 0.29) is 23.0 Å². The highest BCUT2D eigenvalue weighted by Crippen LogP contribution is 2.33. The fourth-order valence-corrected chi connectivity index (χ4v) is 2.67. The zero-order valence-corrected chi connectivity index (χ0v) is 16.6. The summed E-state index contributed by atoms with van der Waals surface area (Å²) in [6, 6.07) is 12.6. The van der Waals surface area contributed by atoms with Crippen molar-refractivity contribution in [2.75, 3.05) is 17.2 Å². The number of hydrogen-bond donors (Lipinski definition) is 2. The van der Waals surface area contributed by atoms with Crippen molar-refractivity contribution in [2.24, 2.45) is 0 Å². The molecular weight excluding hydrogens is 404 g/mol. The van der Waals surface area contributed by atoms with Crippen LogP contribution in [0.5, 0.6) is 5.75 Å². The van der Waals surface area contributed by atoms with E-state index < -0.39 is 15.5 Å². The molecule has 0 amide bonds. The molecule has 3 rings (SSSR count). The lowest BCUT2D eigenvalue weighted by atomic mass is 10.2. The summed E-state index contributed by atoms with van der Waals surface area (Å²) in [5.41, 5.74) is 0.319. The Morgan fingerprint density at radius 3 is 2.23 bits per heavy atom. The number of benzene rings is 2. The molecule has 0 spiro atoms. The van der Waals surface area contributed by atoms with Gasteiger partial charge in [-0.25, -0.2) is 9.97 Å². The van der Waals surface area contributed by atoms with Gasteiger partial charge in [-0.2, -0.15) is 0 Å². The van der Waals surface area contributed by atoms with Crippen molar-refractivity contribution in [1.82, 2.24) is 9.97 Å². The second-order valence-electron chi connectivity index (χ2n) is 6.46. The van der Waals surface area contributed by atoms with Crippen LogP contribution < -0.4 is 15.4 Å². The van der Waals surface area contributed by atoms with Crippen molar-refractivity contribution in [2.45, 2.75) is 19.8 Å². The highest BCUT2D eigenvalue weighted by atomic mass is 16.6. The van der Waals surface area contributed by atoms with Crippen molar-refractivity contribution in [3.8, 4) is 5.75 Å². The van der Waals surface area contributed by atoms with Crippen molar-refractivity contribution in [1.29, 1.82) is 0 Å². The van der Waals surface area contributed by atoms with Gasteiger partial charge in [0.2, 0.25) is 11.6 Å². The molecule has 0 aliphatic heterocycles. The van der Waals surface area contributed by atoms with Gasteiger partial charge in [-0.3, -0.25) is 20.2 Å². The van der Waals surface area contributed by atoms with Gasteiger partial charge in [-0.05, 0) is 36.8 Å². The van der Waals surface area contributed by atoms with Crippen LogP contribution in [0.2, 0.25) is 0 Å². The molecule has 0 saturated heterocycles. The Kier molecular flexibility index (Phi) is 6.89. The maximum atomic E-state index is 11.7. The second kappa shape index (κ2) is 9.96. The molecule has 0 aliphatic carbocycles. The van der Waals surface area contributed by atoms with E-state index >= 15 is 0 Å². The quantitative estimate of drug-likeness (QED) is 0.262. The normalized spacial score (nSPS) is 10.4. The Hall–Kier alpha value is -4.28. The Balaban J connectivity index is 1.83. The summed E-state index contributed by atoms with van der Waals surface area (Å²) in [6.07, 6.45) is 3.15. The van der Waals surface area contributed by atoms with Gasteiger partial charge in [0.1, 0.15) is 12.1 Å². The van der Waals surface area contributed by atoms with Crippen LogP contribution in [0.25, 0.3) is 0 Å². The van der Waals surface area contributed by atoms with Crippen LogP contribution >= 0.6 is 0 Å². The first kappa shape index (κ1) is 21.4. The number of nitro groups is 2. The summed E-state index contributed by atoms with van der Waals surface area (Å²) in [5, 5.41) is 28.3. The van der Waals surface area contributed by atoms with E-state index in [1.807, 2.05) is 0 Å². The number of non-ortho nitro benzene ring substituents is 1. The number of nitrogens with one attached hydrogen (secondary N) is 2. The number of nitrogens with zero attached hydrogens (tertiary/aromatic N) is 4. The van der Waals surface area contributed by atoms with Crippen LogP contribution in [0.3, 0.4) is 0 Å². The average Bonchev–Trinajstić information content (AvgIpc) is 2.75. The molecule has 160 valence electrons. The SMILES string of the molecule is CCCCOc1ccc(Nc2ncnc(Nc3cccc([N+](=O)[O-])c3)c2[N+](=O)[O-])cc1. The van der Waals surface area contributed by atoms with Crippen molar-refractivity contribution in [3.63, 3.8) is 0 Å². The molecule has 0 unspecified atom stereocenters. The molecule has 31 heavy (non-hydrogen) atoms. The van der Waals surface area contributed by atoms with Crippen molar-refractivity contribution >= 4 is 34.4 Å². The van der Waals surface area contributed by atoms with Crippen molar-refractivity contribution < 1.29 is 14.6 Å². The minimum absolute atomic E-state index is 0.0208. The maximum Gasteiger partial charge on any atom is 0.353 e. The van der Waals surface area contributed by atoms with E-state index in [0.29, 0.717) is 18.0 Å². The van der Waals surface area contributed by atoms with E-state index in [2.05, 4.69) is 27.5 Å². The third-order valence-electron chi connectivity index (χ3n) is 4.21. The smallest absolute Gasteiger partial charge is 0.353 e. The van der Waals surface area contributed by atoms with Gasteiger partial charge in [-0.1, -0.05) is 19.4 Å². The molecule has 2 aromatic carbocycles. The Morgan fingerprint density at radius 2 is 1.61 bits per heavy atom. The predicted octanol–water partition coefficient (Wildman–Crippen LogP) is 4.96. The second-order valence-corrected chi connectivity index (χ2v) is 6.46. The van der Waals surface area contributed by atoms with E-state index in [0.717, 1.165) is 19.2 Å². The number of hydrogen-bond acceptors (Lipinski definition) is 9. The van der Waals surface area contributed by atoms with Gasteiger partial charge < -0.3 is 15.4 Å². The Bertz CT molecular complexity index is 1070. The van der Waals surface area contributed by atoms with Gasteiger partial charge in [0, 0.05) is 23.5 Å². The average molecular weight is 424 g/mol. The lowest BCUT2D eigenvalue weighted by Crippen LogP contribution is -2.05. The molecule has 0 aliphatic rings. The summed E-state index contributed by atoms with van der Waals surface area (Å²) >= 11 is 0. The lowest BCUT2D eigenvalue weighted by Gasteiger charge is -2.11. The zero-order valence-electron chi connectivity index (χ0n) is 16.6. The first-order valence-electron chi connectivity index (χ1n) is 9.48. The van der Waals surface area contributed by atoms with Crippen LogP contribution in [0.4, 0.5) is 34.4 Å². The van der Waals surface area contributed by atoms with E-state index in [1.165, 1.54) is 18.2 Å². The van der Waals surface area contributed by atoms with Crippen LogP contribution in [0, 0.1) is 20.2 Å². The summed E-state index contributed by atoms with van der Waals surface area (Å²) in [4.78, 5) is 29.4. The first-order chi connectivity index (χ1) is 15.0. The summed E-state index contributed by atoms with van der Waals surface area (Å²) in [6.45, 7) is 2.69. The summed E-state index contributed by atoms with van der Waals surface area (Å²) < 4.78 is 5.61. The van der Waals surface area contributed by atoms with Gasteiger partial charge in [0.25, 0.3) is 5.69 Å². The molecule has 11 nitrogen and oxygen atoms in total. The van der Waals surface area contributed by atoms with Crippen LogP contribution in [0.1, 0.15) is 19.8 Å². The minimum atomic E-state index is -0.621. The van der Waals surface area contributed by atoms with E-state index in [9.17, 15) is 20.2 Å². The predicted molar refractivity (Wildman–Crippen MR) is 115 cm³/mol. The molecule has 0 atom stereocenters. The molecule has 0 bridgehead atoms. The Labute approximate surface area is 177 Å². The summed E-state index contributed by atoms with van der Waals surface area (Å²) in [5.74, 6) is 0.583.